The van der Waals surface area contributed by atoms with Gasteiger partial charge in [0.2, 0.25) is 5.78 Å². The van der Waals surface area contributed by atoms with E-state index in [2.05, 4.69) is 0 Å². The predicted octanol–water partition coefficient (Wildman–Crippen LogP) is 3.57. The Bertz CT molecular complexity index is 991. The van der Waals surface area contributed by atoms with Crippen LogP contribution in [0.25, 0.3) is 11.3 Å². The monoisotopic (exact) mass is 365 g/mol. The molecule has 3 rings (SSSR count). The van der Waals surface area contributed by atoms with Gasteiger partial charge in [0, 0.05) is 12.2 Å². The molecule has 1 N–H and O–H groups in total. The second kappa shape index (κ2) is 7.78. The molecule has 0 atom stereocenters. The van der Waals surface area contributed by atoms with E-state index in [9.17, 15) is 18.8 Å². The Balaban J connectivity index is 2.01. The average Bonchev–Trinajstić information content (AvgIpc) is 3.07. The summed E-state index contributed by atoms with van der Waals surface area (Å²) in [5.41, 5.74) is 2.60. The summed E-state index contributed by atoms with van der Waals surface area (Å²) in [5, 5.41) is 8.75. The van der Waals surface area contributed by atoms with Crippen molar-refractivity contribution in [2.45, 2.75) is 13.0 Å². The summed E-state index contributed by atoms with van der Waals surface area (Å²) in [6.45, 7) is 0.278. The van der Waals surface area contributed by atoms with Crippen LogP contribution in [0.2, 0.25) is 0 Å². The van der Waals surface area contributed by atoms with Crippen LogP contribution in [0.5, 0.6) is 0 Å². The van der Waals surface area contributed by atoms with Gasteiger partial charge in [0.25, 0.3) is 0 Å². The smallest absolute Gasteiger partial charge is 0.372 e. The van der Waals surface area contributed by atoms with Gasteiger partial charge < -0.3 is 9.67 Å². The van der Waals surface area contributed by atoms with Gasteiger partial charge in [-0.1, -0.05) is 42.5 Å². The lowest BCUT2D eigenvalue weighted by Gasteiger charge is -2.13. The van der Waals surface area contributed by atoms with Crippen LogP contribution in [-0.4, -0.2) is 27.2 Å². The van der Waals surface area contributed by atoms with Crippen molar-refractivity contribution in [3.63, 3.8) is 0 Å². The highest BCUT2D eigenvalue weighted by molar-refractivity contribution is 6.37. The molecule has 6 heteroatoms. The topological polar surface area (TPSA) is 76.4 Å². The maximum absolute atomic E-state index is 13.2. The third-order valence-corrected chi connectivity index (χ3v) is 4.15. The molecule has 0 aliphatic heterocycles. The van der Waals surface area contributed by atoms with E-state index in [1.54, 1.807) is 28.8 Å². The molecule has 1 aromatic heterocycles. The highest BCUT2D eigenvalue weighted by atomic mass is 19.1. The lowest BCUT2D eigenvalue weighted by molar-refractivity contribution is -0.148. The van der Waals surface area contributed by atoms with Crippen LogP contribution in [0.1, 0.15) is 22.5 Å². The number of hydrogen-bond acceptors (Lipinski definition) is 3. The number of benzene rings is 2. The summed E-state index contributed by atoms with van der Waals surface area (Å²) in [5.74, 6) is -3.73. The van der Waals surface area contributed by atoms with Crippen molar-refractivity contribution < 1.29 is 23.9 Å². The SMILES string of the molecule is O=C(O)C(=O)CC(=O)c1ccc(-c2ccccc2)n1Cc1ccc(F)cc1. The predicted molar refractivity (Wildman–Crippen MR) is 97.0 cm³/mol. The number of aromatic nitrogens is 1. The molecule has 0 unspecified atom stereocenters. The molecule has 0 aliphatic carbocycles. The van der Waals surface area contributed by atoms with E-state index in [0.717, 1.165) is 16.8 Å². The fourth-order valence-electron chi connectivity index (χ4n) is 2.83. The number of ketones is 2. The molecular weight excluding hydrogens is 349 g/mol. The van der Waals surface area contributed by atoms with E-state index in [1.165, 1.54) is 12.1 Å². The van der Waals surface area contributed by atoms with Crippen molar-refractivity contribution in [1.82, 2.24) is 4.57 Å². The van der Waals surface area contributed by atoms with Crippen LogP contribution in [0, 0.1) is 5.82 Å². The number of carbonyl (C=O) groups excluding carboxylic acids is 2. The summed E-state index contributed by atoms with van der Waals surface area (Å²) in [6, 6.07) is 18.6. The number of hydrogen-bond donors (Lipinski definition) is 1. The van der Waals surface area contributed by atoms with Crippen molar-refractivity contribution >= 4 is 17.5 Å². The van der Waals surface area contributed by atoms with Gasteiger partial charge >= 0.3 is 5.97 Å². The number of Topliss-reactive ketones (excluding diaryl/α,β-unsaturated/α-hetero) is 2. The maximum Gasteiger partial charge on any atom is 0.372 e. The minimum atomic E-state index is -1.64. The third-order valence-electron chi connectivity index (χ3n) is 4.15. The third kappa shape index (κ3) is 4.17. The summed E-state index contributed by atoms with van der Waals surface area (Å²) in [6.07, 6.45) is -0.711. The lowest BCUT2D eigenvalue weighted by Crippen LogP contribution is -2.19. The molecule has 136 valence electrons. The zero-order chi connectivity index (χ0) is 19.4. The van der Waals surface area contributed by atoms with Crippen LogP contribution >= 0.6 is 0 Å². The molecule has 0 saturated carbocycles. The Morgan fingerprint density at radius 2 is 1.56 bits per heavy atom. The number of carbonyl (C=O) groups is 3. The second-order valence-electron chi connectivity index (χ2n) is 6.01. The van der Waals surface area contributed by atoms with Crippen LogP contribution in [0.15, 0.2) is 66.7 Å². The van der Waals surface area contributed by atoms with Gasteiger partial charge in [0.15, 0.2) is 5.78 Å². The molecule has 3 aromatic rings. The Morgan fingerprint density at radius 1 is 0.889 bits per heavy atom. The average molecular weight is 365 g/mol. The number of carboxylic acid groups (broad SMARTS) is 1. The van der Waals surface area contributed by atoms with E-state index in [1.807, 2.05) is 30.3 Å². The van der Waals surface area contributed by atoms with E-state index < -0.39 is 24.0 Å². The highest BCUT2D eigenvalue weighted by Gasteiger charge is 2.22. The van der Waals surface area contributed by atoms with Gasteiger partial charge in [0.05, 0.1) is 12.1 Å². The largest absolute Gasteiger partial charge is 0.475 e. The van der Waals surface area contributed by atoms with Crippen LogP contribution in [0.4, 0.5) is 4.39 Å². The van der Waals surface area contributed by atoms with E-state index in [4.69, 9.17) is 5.11 Å². The molecule has 0 amide bonds. The molecule has 27 heavy (non-hydrogen) atoms. The van der Waals surface area contributed by atoms with E-state index in [-0.39, 0.29) is 18.1 Å². The Hall–Kier alpha value is -3.54. The molecule has 0 bridgehead atoms. The van der Waals surface area contributed by atoms with Crippen LogP contribution in [-0.2, 0) is 16.1 Å². The molecule has 0 fully saturated rings. The van der Waals surface area contributed by atoms with E-state index >= 15 is 0 Å². The molecule has 0 radical (unpaired) electrons. The van der Waals surface area contributed by atoms with Gasteiger partial charge in [0.1, 0.15) is 5.82 Å². The van der Waals surface area contributed by atoms with Crippen molar-refractivity contribution in [3.8, 4) is 11.3 Å². The first-order valence-electron chi connectivity index (χ1n) is 8.24. The number of carboxylic acids is 1. The first-order chi connectivity index (χ1) is 13.0. The standard InChI is InChI=1S/C21H16FNO4/c22-16-8-6-14(7-9-16)13-23-17(15-4-2-1-3-5-15)10-11-18(23)19(24)12-20(25)21(26)27/h1-11H,12-13H2,(H,26,27). The van der Waals surface area contributed by atoms with Crippen molar-refractivity contribution in [1.29, 1.82) is 0 Å². The number of nitrogens with zero attached hydrogens (tertiary/aromatic N) is 1. The Kier molecular flexibility index (Phi) is 5.26. The number of rotatable bonds is 7. The summed E-state index contributed by atoms with van der Waals surface area (Å²) >= 11 is 0. The van der Waals surface area contributed by atoms with E-state index in [0.29, 0.717) is 0 Å². The maximum atomic E-state index is 13.2. The van der Waals surface area contributed by atoms with Crippen molar-refractivity contribution in [2.24, 2.45) is 0 Å². The second-order valence-corrected chi connectivity index (χ2v) is 6.01. The zero-order valence-corrected chi connectivity index (χ0v) is 14.3. The molecule has 0 spiro atoms. The molecule has 5 nitrogen and oxygen atoms in total. The Labute approximate surface area is 154 Å². The van der Waals surface area contributed by atoms with Crippen LogP contribution < -0.4 is 0 Å². The van der Waals surface area contributed by atoms with Gasteiger partial charge in [-0.15, -0.1) is 0 Å². The summed E-state index contributed by atoms with van der Waals surface area (Å²) in [7, 11) is 0. The van der Waals surface area contributed by atoms with Crippen molar-refractivity contribution in [3.05, 3.63) is 83.8 Å². The molecule has 1 heterocycles. The minimum Gasteiger partial charge on any atom is -0.475 e. The number of aliphatic carboxylic acids is 1. The summed E-state index contributed by atoms with van der Waals surface area (Å²) in [4.78, 5) is 34.7. The minimum absolute atomic E-state index is 0.229. The molecule has 2 aromatic carbocycles. The van der Waals surface area contributed by atoms with Crippen LogP contribution in [0.3, 0.4) is 0 Å². The highest BCUT2D eigenvalue weighted by Crippen LogP contribution is 2.25. The quantitative estimate of drug-likeness (QED) is 0.395. The van der Waals surface area contributed by atoms with Gasteiger partial charge in [-0.05, 0) is 35.4 Å². The fraction of sp³-hybridized carbons (Fsp3) is 0.0952. The molecular formula is C21H16FNO4. The normalized spacial score (nSPS) is 10.6. The summed E-state index contributed by atoms with van der Waals surface area (Å²) < 4.78 is 14.9. The first-order valence-corrected chi connectivity index (χ1v) is 8.24. The first kappa shape index (κ1) is 18.3. The fourth-order valence-corrected chi connectivity index (χ4v) is 2.83. The van der Waals surface area contributed by atoms with Gasteiger partial charge in [-0.25, -0.2) is 9.18 Å². The number of halogens is 1. The lowest BCUT2D eigenvalue weighted by atomic mass is 10.1. The van der Waals surface area contributed by atoms with Gasteiger partial charge in [-0.2, -0.15) is 0 Å². The van der Waals surface area contributed by atoms with Gasteiger partial charge in [-0.3, -0.25) is 9.59 Å². The zero-order valence-electron chi connectivity index (χ0n) is 14.3. The molecule has 0 saturated heterocycles. The molecule has 0 aliphatic rings. The Morgan fingerprint density at radius 3 is 2.19 bits per heavy atom. The van der Waals surface area contributed by atoms with Crippen molar-refractivity contribution in [2.75, 3.05) is 0 Å².